The highest BCUT2D eigenvalue weighted by Gasteiger charge is 2.21. The van der Waals surface area contributed by atoms with Crippen LogP contribution in [0.15, 0.2) is 0 Å². The van der Waals surface area contributed by atoms with Gasteiger partial charge in [0, 0.05) is 13.7 Å². The molecule has 15 heavy (non-hydrogen) atoms. The van der Waals surface area contributed by atoms with E-state index in [0.717, 1.165) is 6.54 Å². The fraction of sp³-hybridized carbons (Fsp3) is 0.900. The van der Waals surface area contributed by atoms with Gasteiger partial charge < -0.3 is 20.5 Å². The molecule has 0 saturated heterocycles. The van der Waals surface area contributed by atoms with Crippen LogP contribution in [0.4, 0.5) is 0 Å². The first-order chi connectivity index (χ1) is 7.26. The molecule has 5 nitrogen and oxygen atoms in total. The lowest BCUT2D eigenvalue weighted by atomic mass is 10.3. The van der Waals surface area contributed by atoms with Gasteiger partial charge in [-0.25, -0.2) is 0 Å². The molecule has 1 saturated carbocycles. The fourth-order valence-electron chi connectivity index (χ4n) is 1.26. The molecule has 1 aliphatic carbocycles. The molecule has 5 heteroatoms. The topological polar surface area (TPSA) is 70.6 Å². The van der Waals surface area contributed by atoms with E-state index in [1.54, 1.807) is 7.11 Å². The first-order valence-corrected chi connectivity index (χ1v) is 5.36. The van der Waals surface area contributed by atoms with Crippen LogP contribution >= 0.6 is 0 Å². The van der Waals surface area contributed by atoms with Crippen LogP contribution in [0.5, 0.6) is 0 Å². The number of ether oxygens (including phenoxy) is 1. The zero-order valence-corrected chi connectivity index (χ0v) is 9.16. The van der Waals surface area contributed by atoms with Crippen molar-refractivity contribution in [2.24, 2.45) is 5.92 Å². The number of hydrogen-bond acceptors (Lipinski definition) is 4. The van der Waals surface area contributed by atoms with Crippen molar-refractivity contribution in [3.8, 4) is 0 Å². The van der Waals surface area contributed by atoms with Gasteiger partial charge >= 0.3 is 0 Å². The molecular weight excluding hydrogens is 196 g/mol. The van der Waals surface area contributed by atoms with Gasteiger partial charge in [0.2, 0.25) is 5.91 Å². The molecule has 1 aliphatic rings. The Morgan fingerprint density at radius 2 is 2.33 bits per heavy atom. The van der Waals surface area contributed by atoms with Gasteiger partial charge in [-0.05, 0) is 18.8 Å². The highest BCUT2D eigenvalue weighted by Crippen LogP contribution is 2.27. The first-order valence-electron chi connectivity index (χ1n) is 5.36. The number of aliphatic hydroxyl groups excluding tert-OH is 1. The molecule has 3 N–H and O–H groups in total. The quantitative estimate of drug-likeness (QED) is 0.492. The number of rotatable bonds is 8. The maximum atomic E-state index is 11.3. The Kier molecular flexibility index (Phi) is 5.60. The van der Waals surface area contributed by atoms with E-state index in [4.69, 9.17) is 9.84 Å². The molecule has 0 aromatic rings. The molecule has 0 radical (unpaired) electrons. The molecule has 0 aromatic heterocycles. The van der Waals surface area contributed by atoms with Gasteiger partial charge in [-0.1, -0.05) is 0 Å². The van der Waals surface area contributed by atoms with E-state index in [9.17, 15) is 4.79 Å². The van der Waals surface area contributed by atoms with Gasteiger partial charge in [-0.2, -0.15) is 0 Å². The fourth-order valence-corrected chi connectivity index (χ4v) is 1.26. The maximum absolute atomic E-state index is 11.3. The Morgan fingerprint density at radius 1 is 1.60 bits per heavy atom. The van der Waals surface area contributed by atoms with Crippen molar-refractivity contribution >= 4 is 5.91 Å². The first kappa shape index (κ1) is 12.4. The van der Waals surface area contributed by atoms with Gasteiger partial charge in [0.1, 0.15) is 0 Å². The summed E-state index contributed by atoms with van der Waals surface area (Å²) in [5.74, 6) is 0.679. The van der Waals surface area contributed by atoms with Crippen LogP contribution in [0.2, 0.25) is 0 Å². The Labute approximate surface area is 90.2 Å². The smallest absolute Gasteiger partial charge is 0.233 e. The van der Waals surface area contributed by atoms with E-state index >= 15 is 0 Å². The molecule has 1 atom stereocenters. The third kappa shape index (κ3) is 5.71. The number of amides is 1. The van der Waals surface area contributed by atoms with Crippen molar-refractivity contribution in [3.05, 3.63) is 0 Å². The minimum atomic E-state index is -0.165. The highest BCUT2D eigenvalue weighted by molar-refractivity contribution is 5.78. The number of hydrogen-bond donors (Lipinski definition) is 3. The molecular formula is C10H20N2O3. The average Bonchev–Trinajstić information content (AvgIpc) is 3.05. The summed E-state index contributed by atoms with van der Waals surface area (Å²) in [4.78, 5) is 11.3. The lowest BCUT2D eigenvalue weighted by Crippen LogP contribution is -2.43. The molecule has 1 fully saturated rings. The van der Waals surface area contributed by atoms with Crippen LogP contribution in [0.1, 0.15) is 12.8 Å². The van der Waals surface area contributed by atoms with Crippen molar-refractivity contribution in [2.45, 2.75) is 18.9 Å². The van der Waals surface area contributed by atoms with Gasteiger partial charge in [0.15, 0.2) is 0 Å². The molecule has 0 bridgehead atoms. The van der Waals surface area contributed by atoms with E-state index in [-0.39, 0.29) is 25.1 Å². The van der Waals surface area contributed by atoms with Crippen LogP contribution in [-0.2, 0) is 9.53 Å². The Bertz CT molecular complexity index is 195. The predicted molar refractivity (Wildman–Crippen MR) is 56.5 cm³/mol. The average molecular weight is 216 g/mol. The second-order valence-corrected chi connectivity index (χ2v) is 3.96. The summed E-state index contributed by atoms with van der Waals surface area (Å²) in [5.41, 5.74) is 0. The van der Waals surface area contributed by atoms with E-state index in [1.165, 1.54) is 12.8 Å². The summed E-state index contributed by atoms with van der Waals surface area (Å²) < 4.78 is 4.88. The summed E-state index contributed by atoms with van der Waals surface area (Å²) in [6.45, 7) is 1.41. The van der Waals surface area contributed by atoms with Crippen LogP contribution < -0.4 is 10.6 Å². The minimum absolute atomic E-state index is 0.0172. The summed E-state index contributed by atoms with van der Waals surface area (Å²) in [5, 5.41) is 14.7. The van der Waals surface area contributed by atoms with Gasteiger partial charge in [0.25, 0.3) is 0 Å². The van der Waals surface area contributed by atoms with Gasteiger partial charge in [-0.15, -0.1) is 0 Å². The Hall–Kier alpha value is -0.650. The van der Waals surface area contributed by atoms with Crippen molar-refractivity contribution in [1.29, 1.82) is 0 Å². The van der Waals surface area contributed by atoms with E-state index in [2.05, 4.69) is 10.6 Å². The largest absolute Gasteiger partial charge is 0.395 e. The van der Waals surface area contributed by atoms with E-state index in [1.807, 2.05) is 0 Å². The standard InChI is InChI=1S/C10H20N2O3/c1-15-7-9(6-13)11-5-10(14)12-4-8-2-3-8/h8-9,11,13H,2-7H2,1H3,(H,12,14). The summed E-state index contributed by atoms with van der Waals surface area (Å²) in [7, 11) is 1.57. The van der Waals surface area contributed by atoms with E-state index in [0.29, 0.717) is 12.5 Å². The van der Waals surface area contributed by atoms with Crippen molar-refractivity contribution in [1.82, 2.24) is 10.6 Å². The van der Waals surface area contributed by atoms with Crippen LogP contribution in [-0.4, -0.2) is 50.5 Å². The SMILES string of the molecule is COCC(CO)NCC(=O)NCC1CC1. The third-order valence-corrected chi connectivity index (χ3v) is 2.42. The molecule has 1 unspecified atom stereocenters. The van der Waals surface area contributed by atoms with Crippen molar-refractivity contribution < 1.29 is 14.6 Å². The van der Waals surface area contributed by atoms with Gasteiger partial charge in [0.05, 0.1) is 25.8 Å². The Balaban J connectivity index is 2.02. The van der Waals surface area contributed by atoms with E-state index < -0.39 is 0 Å². The molecule has 88 valence electrons. The zero-order chi connectivity index (χ0) is 11.1. The third-order valence-electron chi connectivity index (χ3n) is 2.42. The van der Waals surface area contributed by atoms with Crippen LogP contribution in [0, 0.1) is 5.92 Å². The molecule has 0 aliphatic heterocycles. The summed E-state index contributed by atoms with van der Waals surface area (Å²) in [6, 6.07) is -0.165. The number of nitrogens with one attached hydrogen (secondary N) is 2. The van der Waals surface area contributed by atoms with Crippen molar-refractivity contribution in [2.75, 3.05) is 33.4 Å². The molecule has 1 rings (SSSR count). The van der Waals surface area contributed by atoms with Gasteiger partial charge in [-0.3, -0.25) is 4.79 Å². The number of carbonyl (C=O) groups excluding carboxylic acids is 1. The number of aliphatic hydroxyl groups is 1. The second-order valence-electron chi connectivity index (χ2n) is 3.96. The lowest BCUT2D eigenvalue weighted by molar-refractivity contribution is -0.120. The molecule has 0 spiro atoms. The molecule has 1 amide bonds. The predicted octanol–water partition coefficient (Wildman–Crippen LogP) is -0.890. The maximum Gasteiger partial charge on any atom is 0.233 e. The summed E-state index contributed by atoms with van der Waals surface area (Å²) >= 11 is 0. The molecule has 0 heterocycles. The van der Waals surface area contributed by atoms with Crippen LogP contribution in [0.25, 0.3) is 0 Å². The number of carbonyl (C=O) groups is 1. The number of methoxy groups -OCH3 is 1. The highest BCUT2D eigenvalue weighted by atomic mass is 16.5. The summed E-state index contributed by atoms with van der Waals surface area (Å²) in [6.07, 6.45) is 2.47. The minimum Gasteiger partial charge on any atom is -0.395 e. The normalized spacial score (nSPS) is 17.5. The molecule has 0 aromatic carbocycles. The monoisotopic (exact) mass is 216 g/mol. The van der Waals surface area contributed by atoms with Crippen LogP contribution in [0.3, 0.4) is 0 Å². The van der Waals surface area contributed by atoms with Crippen molar-refractivity contribution in [3.63, 3.8) is 0 Å². The zero-order valence-electron chi connectivity index (χ0n) is 9.16. The Morgan fingerprint density at radius 3 is 2.87 bits per heavy atom. The lowest BCUT2D eigenvalue weighted by Gasteiger charge is -2.14. The second kappa shape index (κ2) is 6.76.